The molecule has 1 unspecified atom stereocenters. The van der Waals surface area contributed by atoms with Gasteiger partial charge in [-0.3, -0.25) is 9.69 Å². The highest BCUT2D eigenvalue weighted by atomic mass is 16.5. The van der Waals surface area contributed by atoms with E-state index in [-0.39, 0.29) is 11.8 Å². The minimum Gasteiger partial charge on any atom is -0.481 e. The summed E-state index contributed by atoms with van der Waals surface area (Å²) in [6.45, 7) is 3.67. The number of piperidine rings is 1. The molecule has 0 spiro atoms. The Kier molecular flexibility index (Phi) is 5.95. The fraction of sp³-hybridized carbons (Fsp3) is 0.600. The topological polar surface area (TPSA) is 80.5 Å². The number of amides is 1. The lowest BCUT2D eigenvalue weighted by Crippen LogP contribution is -2.43. The van der Waals surface area contributed by atoms with Crippen molar-refractivity contribution in [2.24, 2.45) is 11.7 Å². The van der Waals surface area contributed by atoms with Gasteiger partial charge in [0, 0.05) is 38.4 Å². The zero-order chi connectivity index (χ0) is 15.1. The monoisotopic (exact) mass is 292 g/mol. The van der Waals surface area contributed by atoms with Gasteiger partial charge in [-0.15, -0.1) is 0 Å². The number of hydrogen-bond donors (Lipinski definition) is 2. The molecule has 6 heteroatoms. The van der Waals surface area contributed by atoms with Gasteiger partial charge in [-0.2, -0.15) is 0 Å². The van der Waals surface area contributed by atoms with E-state index in [1.54, 1.807) is 7.11 Å². The number of pyridine rings is 1. The van der Waals surface area contributed by atoms with Crippen LogP contribution in [0.1, 0.15) is 18.4 Å². The Hall–Kier alpha value is -1.66. The number of nitrogens with two attached hydrogens (primary N) is 1. The smallest absolute Gasteiger partial charge is 0.224 e. The number of aromatic nitrogens is 1. The molecule has 1 fully saturated rings. The molecular formula is C15H24N4O2. The highest BCUT2D eigenvalue weighted by Crippen LogP contribution is 2.19. The van der Waals surface area contributed by atoms with Crippen molar-refractivity contribution in [2.75, 3.05) is 33.3 Å². The van der Waals surface area contributed by atoms with E-state index in [0.29, 0.717) is 19.0 Å². The minimum absolute atomic E-state index is 0.0662. The van der Waals surface area contributed by atoms with Crippen LogP contribution in [-0.4, -0.2) is 49.1 Å². The van der Waals surface area contributed by atoms with Gasteiger partial charge in [0.25, 0.3) is 0 Å². The number of hydrogen-bond acceptors (Lipinski definition) is 5. The van der Waals surface area contributed by atoms with E-state index in [1.807, 2.05) is 18.3 Å². The number of likely N-dealkylation sites (tertiary alicyclic amines) is 1. The van der Waals surface area contributed by atoms with Gasteiger partial charge < -0.3 is 15.8 Å². The Labute approximate surface area is 125 Å². The molecule has 1 aliphatic heterocycles. The van der Waals surface area contributed by atoms with Crippen LogP contribution in [0.15, 0.2) is 18.3 Å². The van der Waals surface area contributed by atoms with E-state index >= 15 is 0 Å². The van der Waals surface area contributed by atoms with Crippen molar-refractivity contribution >= 4 is 5.91 Å². The van der Waals surface area contributed by atoms with E-state index in [9.17, 15) is 4.79 Å². The lowest BCUT2D eigenvalue weighted by molar-refractivity contribution is -0.126. The molecule has 3 N–H and O–H groups in total. The standard InChI is InChI=1S/C15H24N4O2/c1-21-14-5-4-12(9-18-14)10-19-8-2-3-13(11-19)15(20)17-7-6-16/h4-5,9,13H,2-3,6-8,10-11,16H2,1H3,(H,17,20). The van der Waals surface area contributed by atoms with Crippen LogP contribution in [-0.2, 0) is 11.3 Å². The third-order valence-corrected chi connectivity index (χ3v) is 3.73. The Balaban J connectivity index is 1.86. The predicted octanol–water partition coefficient (Wildman–Crippen LogP) is 0.377. The lowest BCUT2D eigenvalue weighted by atomic mass is 9.97. The maximum Gasteiger partial charge on any atom is 0.224 e. The Bertz CT molecular complexity index is 449. The number of rotatable bonds is 6. The molecule has 2 heterocycles. The fourth-order valence-corrected chi connectivity index (χ4v) is 2.64. The van der Waals surface area contributed by atoms with Gasteiger partial charge in [0.05, 0.1) is 13.0 Å². The van der Waals surface area contributed by atoms with Crippen LogP contribution in [0.3, 0.4) is 0 Å². The fourth-order valence-electron chi connectivity index (χ4n) is 2.64. The molecule has 6 nitrogen and oxygen atoms in total. The average Bonchev–Trinajstić information content (AvgIpc) is 2.53. The SMILES string of the molecule is COc1ccc(CN2CCCC(C(=O)NCCN)C2)cn1. The number of methoxy groups -OCH3 is 1. The summed E-state index contributed by atoms with van der Waals surface area (Å²) >= 11 is 0. The Morgan fingerprint density at radius 1 is 1.57 bits per heavy atom. The van der Waals surface area contributed by atoms with Crippen molar-refractivity contribution in [3.63, 3.8) is 0 Å². The van der Waals surface area contributed by atoms with Gasteiger partial charge in [0.1, 0.15) is 0 Å². The van der Waals surface area contributed by atoms with Crippen LogP contribution in [0.25, 0.3) is 0 Å². The first-order valence-corrected chi connectivity index (χ1v) is 7.42. The Morgan fingerprint density at radius 2 is 2.43 bits per heavy atom. The zero-order valence-electron chi connectivity index (χ0n) is 12.5. The molecule has 1 aliphatic rings. The van der Waals surface area contributed by atoms with Gasteiger partial charge in [-0.25, -0.2) is 4.98 Å². The van der Waals surface area contributed by atoms with Crippen molar-refractivity contribution in [3.05, 3.63) is 23.9 Å². The number of ether oxygens (including phenoxy) is 1. The summed E-state index contributed by atoms with van der Waals surface area (Å²) in [5.41, 5.74) is 6.55. The molecule has 1 aromatic rings. The molecule has 0 saturated carbocycles. The second kappa shape index (κ2) is 7.95. The quantitative estimate of drug-likeness (QED) is 0.792. The van der Waals surface area contributed by atoms with Crippen LogP contribution in [0.4, 0.5) is 0 Å². The molecule has 1 amide bonds. The molecule has 116 valence electrons. The summed E-state index contributed by atoms with van der Waals surface area (Å²) in [6.07, 6.45) is 3.83. The molecule has 2 rings (SSSR count). The summed E-state index contributed by atoms with van der Waals surface area (Å²) in [5, 5.41) is 2.88. The van der Waals surface area contributed by atoms with E-state index < -0.39 is 0 Å². The van der Waals surface area contributed by atoms with Crippen molar-refractivity contribution in [2.45, 2.75) is 19.4 Å². The number of nitrogens with zero attached hydrogens (tertiary/aromatic N) is 2. The predicted molar refractivity (Wildman–Crippen MR) is 80.9 cm³/mol. The molecule has 0 aliphatic carbocycles. The number of carbonyl (C=O) groups is 1. The Morgan fingerprint density at radius 3 is 3.10 bits per heavy atom. The first kappa shape index (κ1) is 15.7. The maximum absolute atomic E-state index is 12.0. The van der Waals surface area contributed by atoms with Gasteiger partial charge in [0.15, 0.2) is 0 Å². The molecule has 1 atom stereocenters. The second-order valence-electron chi connectivity index (χ2n) is 5.36. The van der Waals surface area contributed by atoms with E-state index in [2.05, 4.69) is 15.2 Å². The van der Waals surface area contributed by atoms with Crippen molar-refractivity contribution in [3.8, 4) is 5.88 Å². The third-order valence-electron chi connectivity index (χ3n) is 3.73. The highest BCUT2D eigenvalue weighted by Gasteiger charge is 2.25. The molecule has 1 aromatic heterocycles. The largest absolute Gasteiger partial charge is 0.481 e. The summed E-state index contributed by atoms with van der Waals surface area (Å²) in [4.78, 5) is 18.5. The van der Waals surface area contributed by atoms with Crippen molar-refractivity contribution < 1.29 is 9.53 Å². The molecule has 0 aromatic carbocycles. The van der Waals surface area contributed by atoms with Crippen LogP contribution in [0.5, 0.6) is 5.88 Å². The van der Waals surface area contributed by atoms with Crippen LogP contribution in [0.2, 0.25) is 0 Å². The summed E-state index contributed by atoms with van der Waals surface area (Å²) in [6, 6.07) is 3.88. The van der Waals surface area contributed by atoms with Crippen LogP contribution >= 0.6 is 0 Å². The molecule has 0 radical (unpaired) electrons. The first-order valence-electron chi connectivity index (χ1n) is 7.42. The van der Waals surface area contributed by atoms with Crippen molar-refractivity contribution in [1.82, 2.24) is 15.2 Å². The number of carbonyl (C=O) groups excluding carboxylic acids is 1. The van der Waals surface area contributed by atoms with E-state index in [0.717, 1.165) is 38.0 Å². The summed E-state index contributed by atoms with van der Waals surface area (Å²) in [7, 11) is 1.61. The minimum atomic E-state index is 0.0662. The van der Waals surface area contributed by atoms with Crippen LogP contribution in [0, 0.1) is 5.92 Å². The lowest BCUT2D eigenvalue weighted by Gasteiger charge is -2.31. The third kappa shape index (κ3) is 4.68. The molecular weight excluding hydrogens is 268 g/mol. The first-order chi connectivity index (χ1) is 10.2. The maximum atomic E-state index is 12.0. The second-order valence-corrected chi connectivity index (χ2v) is 5.36. The summed E-state index contributed by atoms with van der Waals surface area (Å²) < 4.78 is 5.06. The van der Waals surface area contributed by atoms with Gasteiger partial charge in [0.2, 0.25) is 11.8 Å². The van der Waals surface area contributed by atoms with Gasteiger partial charge in [-0.1, -0.05) is 6.07 Å². The van der Waals surface area contributed by atoms with E-state index in [1.165, 1.54) is 0 Å². The van der Waals surface area contributed by atoms with Gasteiger partial charge in [-0.05, 0) is 24.9 Å². The number of nitrogens with one attached hydrogen (secondary N) is 1. The van der Waals surface area contributed by atoms with E-state index in [4.69, 9.17) is 10.5 Å². The highest BCUT2D eigenvalue weighted by molar-refractivity contribution is 5.78. The molecule has 1 saturated heterocycles. The molecule has 21 heavy (non-hydrogen) atoms. The van der Waals surface area contributed by atoms with Crippen LogP contribution < -0.4 is 15.8 Å². The normalized spacial score (nSPS) is 19.2. The zero-order valence-corrected chi connectivity index (χ0v) is 12.5. The van der Waals surface area contributed by atoms with Gasteiger partial charge >= 0.3 is 0 Å². The average molecular weight is 292 g/mol. The summed E-state index contributed by atoms with van der Waals surface area (Å²) in [5.74, 6) is 0.811. The molecule has 0 bridgehead atoms. The van der Waals surface area contributed by atoms with Crippen molar-refractivity contribution in [1.29, 1.82) is 0 Å².